The first-order chi connectivity index (χ1) is 14.3. The molecule has 0 radical (unpaired) electrons. The van der Waals surface area contributed by atoms with Gasteiger partial charge in [0.2, 0.25) is 5.91 Å². The van der Waals surface area contributed by atoms with Crippen molar-refractivity contribution in [3.8, 4) is 0 Å². The second kappa shape index (κ2) is 11.4. The fraction of sp³-hybridized carbons (Fsp3) is 0.300. The van der Waals surface area contributed by atoms with Gasteiger partial charge in [0.05, 0.1) is 20.9 Å². The number of hydrogen-bond acceptors (Lipinski definition) is 7. The number of rotatable bonds is 9. The molecule has 31 heavy (non-hydrogen) atoms. The maximum absolute atomic E-state index is 13.1. The van der Waals surface area contributed by atoms with Crippen LogP contribution in [0.15, 0.2) is 47.4 Å². The number of anilines is 1. The first kappa shape index (κ1) is 25.0. The van der Waals surface area contributed by atoms with Crippen LogP contribution in [0.25, 0.3) is 10.2 Å². The van der Waals surface area contributed by atoms with Crippen molar-refractivity contribution in [3.63, 3.8) is 0 Å². The molecule has 0 aliphatic heterocycles. The average molecular weight is 485 g/mol. The van der Waals surface area contributed by atoms with Gasteiger partial charge < -0.3 is 4.90 Å². The summed E-state index contributed by atoms with van der Waals surface area (Å²) in [4.78, 5) is 32.6. The minimum Gasteiger partial charge on any atom is -0.309 e. The molecular formula is C20H22ClFN4O3S2. The Morgan fingerprint density at radius 3 is 2.55 bits per heavy atom. The van der Waals surface area contributed by atoms with Gasteiger partial charge in [0.1, 0.15) is 5.82 Å². The highest BCUT2D eigenvalue weighted by molar-refractivity contribution is 8.00. The van der Waals surface area contributed by atoms with Crippen LogP contribution in [0.5, 0.6) is 0 Å². The predicted octanol–water partition coefficient (Wildman–Crippen LogP) is 4.84. The van der Waals surface area contributed by atoms with Crippen LogP contribution in [0.3, 0.4) is 0 Å². The Labute approximate surface area is 193 Å². The SMILES string of the molecule is CN(C)CCCN(C(=O)CSc1ccc(F)cc1)c1nc2ccc([N+](=O)[O-])cc2s1.Cl. The Hall–Kier alpha value is -2.27. The van der Waals surface area contributed by atoms with Crippen LogP contribution in [0.4, 0.5) is 15.2 Å². The molecule has 1 amide bonds. The third kappa shape index (κ3) is 6.86. The Bertz CT molecular complexity index is 1050. The number of thioether (sulfide) groups is 1. The van der Waals surface area contributed by atoms with Gasteiger partial charge in [0, 0.05) is 23.6 Å². The number of thiazole rings is 1. The summed E-state index contributed by atoms with van der Waals surface area (Å²) in [5, 5.41) is 11.6. The minimum absolute atomic E-state index is 0. The maximum Gasteiger partial charge on any atom is 0.270 e. The summed E-state index contributed by atoms with van der Waals surface area (Å²) in [6.07, 6.45) is 0.760. The summed E-state index contributed by atoms with van der Waals surface area (Å²) in [6, 6.07) is 10.5. The Kier molecular flexibility index (Phi) is 9.17. The van der Waals surface area contributed by atoms with E-state index in [-0.39, 0.29) is 35.6 Å². The number of aromatic nitrogens is 1. The van der Waals surface area contributed by atoms with Crippen molar-refractivity contribution < 1.29 is 14.1 Å². The van der Waals surface area contributed by atoms with Crippen LogP contribution in [0.1, 0.15) is 6.42 Å². The highest BCUT2D eigenvalue weighted by atomic mass is 35.5. The van der Waals surface area contributed by atoms with E-state index in [1.807, 2.05) is 19.0 Å². The molecule has 0 aliphatic carbocycles. The Balaban J connectivity index is 0.00000341. The van der Waals surface area contributed by atoms with Crippen molar-refractivity contribution in [1.82, 2.24) is 9.88 Å². The molecule has 166 valence electrons. The quantitative estimate of drug-likeness (QED) is 0.245. The standard InChI is InChI=1S/C20H21FN4O3S2.ClH/c1-23(2)10-3-11-24(19(26)13-29-16-7-4-14(21)5-8-16)20-22-17-9-6-15(25(27)28)12-18(17)30-20;/h4-9,12H,3,10-11,13H2,1-2H3;1H. The lowest BCUT2D eigenvalue weighted by molar-refractivity contribution is -0.384. The fourth-order valence-electron chi connectivity index (χ4n) is 2.76. The molecule has 2 aromatic carbocycles. The first-order valence-electron chi connectivity index (χ1n) is 9.22. The van der Waals surface area contributed by atoms with E-state index in [4.69, 9.17) is 0 Å². The van der Waals surface area contributed by atoms with E-state index in [0.29, 0.717) is 21.9 Å². The number of halogens is 2. The van der Waals surface area contributed by atoms with Gasteiger partial charge in [-0.1, -0.05) is 11.3 Å². The summed E-state index contributed by atoms with van der Waals surface area (Å²) in [7, 11) is 3.93. The number of non-ortho nitro benzene ring substituents is 1. The maximum atomic E-state index is 13.1. The zero-order chi connectivity index (χ0) is 21.7. The lowest BCUT2D eigenvalue weighted by atomic mass is 10.3. The third-order valence-corrected chi connectivity index (χ3v) is 6.30. The lowest BCUT2D eigenvalue weighted by Gasteiger charge is -2.21. The first-order valence-corrected chi connectivity index (χ1v) is 11.0. The molecule has 3 aromatic rings. The van der Waals surface area contributed by atoms with E-state index in [1.165, 1.54) is 47.4 Å². The monoisotopic (exact) mass is 484 g/mol. The number of nitro benzene ring substituents is 1. The lowest BCUT2D eigenvalue weighted by Crippen LogP contribution is -2.34. The topological polar surface area (TPSA) is 79.6 Å². The van der Waals surface area contributed by atoms with Crippen molar-refractivity contribution in [2.24, 2.45) is 0 Å². The fourth-order valence-corrected chi connectivity index (χ4v) is 4.57. The minimum atomic E-state index is -0.446. The number of nitrogens with zero attached hydrogens (tertiary/aromatic N) is 4. The summed E-state index contributed by atoms with van der Waals surface area (Å²) in [5.41, 5.74) is 0.618. The van der Waals surface area contributed by atoms with E-state index >= 15 is 0 Å². The largest absolute Gasteiger partial charge is 0.309 e. The van der Waals surface area contributed by atoms with E-state index in [9.17, 15) is 19.3 Å². The zero-order valence-electron chi connectivity index (χ0n) is 17.0. The highest BCUT2D eigenvalue weighted by Gasteiger charge is 2.21. The Morgan fingerprint density at radius 1 is 1.19 bits per heavy atom. The summed E-state index contributed by atoms with van der Waals surface area (Å²) < 4.78 is 13.7. The molecule has 0 saturated carbocycles. The van der Waals surface area contributed by atoms with Crippen molar-refractivity contribution >= 4 is 62.4 Å². The van der Waals surface area contributed by atoms with Gasteiger partial charge in [-0.2, -0.15) is 0 Å². The number of nitro groups is 1. The summed E-state index contributed by atoms with van der Waals surface area (Å²) in [5.74, 6) is -0.250. The zero-order valence-corrected chi connectivity index (χ0v) is 19.4. The number of carbonyl (C=O) groups is 1. The number of benzene rings is 2. The van der Waals surface area contributed by atoms with Crippen molar-refractivity contribution in [3.05, 3.63) is 58.4 Å². The molecule has 0 N–H and O–H groups in total. The van der Waals surface area contributed by atoms with Crippen LogP contribution in [-0.2, 0) is 4.79 Å². The van der Waals surface area contributed by atoms with Gasteiger partial charge >= 0.3 is 0 Å². The van der Waals surface area contributed by atoms with E-state index in [2.05, 4.69) is 4.98 Å². The van der Waals surface area contributed by atoms with Crippen LogP contribution >= 0.6 is 35.5 Å². The van der Waals surface area contributed by atoms with E-state index < -0.39 is 4.92 Å². The summed E-state index contributed by atoms with van der Waals surface area (Å²) in [6.45, 7) is 1.30. The molecule has 0 bridgehead atoms. The number of fused-ring (bicyclic) bond motifs is 1. The number of hydrogen-bond donors (Lipinski definition) is 0. The molecule has 0 spiro atoms. The van der Waals surface area contributed by atoms with Gasteiger partial charge in [-0.25, -0.2) is 9.37 Å². The highest BCUT2D eigenvalue weighted by Crippen LogP contribution is 2.32. The predicted molar refractivity (Wildman–Crippen MR) is 126 cm³/mol. The van der Waals surface area contributed by atoms with Gasteiger partial charge in [-0.05, 0) is 57.4 Å². The molecule has 0 unspecified atom stereocenters. The molecule has 3 rings (SSSR count). The molecule has 0 fully saturated rings. The van der Waals surface area contributed by atoms with Crippen molar-refractivity contribution in [1.29, 1.82) is 0 Å². The van der Waals surface area contributed by atoms with Crippen LogP contribution in [0.2, 0.25) is 0 Å². The van der Waals surface area contributed by atoms with Crippen molar-refractivity contribution in [2.45, 2.75) is 11.3 Å². The molecule has 11 heteroatoms. The van der Waals surface area contributed by atoms with Gasteiger partial charge in [-0.15, -0.1) is 24.2 Å². The van der Waals surface area contributed by atoms with Gasteiger partial charge in [-0.3, -0.25) is 19.8 Å². The van der Waals surface area contributed by atoms with E-state index in [0.717, 1.165) is 17.9 Å². The van der Waals surface area contributed by atoms with Crippen LogP contribution < -0.4 is 4.90 Å². The second-order valence-corrected chi connectivity index (χ2v) is 8.91. The molecular weight excluding hydrogens is 463 g/mol. The Morgan fingerprint density at radius 2 is 1.90 bits per heavy atom. The van der Waals surface area contributed by atoms with Gasteiger partial charge in [0.25, 0.3) is 5.69 Å². The molecule has 1 aromatic heterocycles. The normalized spacial score (nSPS) is 10.8. The average Bonchev–Trinajstić information content (AvgIpc) is 3.13. The second-order valence-electron chi connectivity index (χ2n) is 6.85. The molecule has 1 heterocycles. The molecule has 0 atom stereocenters. The number of amides is 1. The molecule has 0 saturated heterocycles. The summed E-state index contributed by atoms with van der Waals surface area (Å²) >= 11 is 2.60. The smallest absolute Gasteiger partial charge is 0.270 e. The molecule has 0 aliphatic rings. The molecule has 7 nitrogen and oxygen atoms in total. The van der Waals surface area contributed by atoms with Crippen LogP contribution in [0, 0.1) is 15.9 Å². The van der Waals surface area contributed by atoms with Crippen LogP contribution in [-0.4, -0.2) is 53.7 Å². The van der Waals surface area contributed by atoms with Gasteiger partial charge in [0.15, 0.2) is 5.13 Å². The third-order valence-electron chi connectivity index (χ3n) is 4.27. The van der Waals surface area contributed by atoms with E-state index in [1.54, 1.807) is 23.1 Å². The number of carbonyl (C=O) groups excluding carboxylic acids is 1. The van der Waals surface area contributed by atoms with Crippen molar-refractivity contribution in [2.75, 3.05) is 37.8 Å².